The van der Waals surface area contributed by atoms with Gasteiger partial charge in [-0.15, -0.1) is 0 Å². The van der Waals surface area contributed by atoms with Crippen LogP contribution in [0.4, 0.5) is 0 Å². The van der Waals surface area contributed by atoms with Crippen LogP contribution in [0.15, 0.2) is 52.9 Å². The Kier molecular flexibility index (Phi) is 2.03. The molecule has 4 rings (SSSR count). The van der Waals surface area contributed by atoms with E-state index in [1.54, 1.807) is 7.11 Å². The lowest BCUT2D eigenvalue weighted by atomic mass is 10.1. The largest absolute Gasteiger partial charge is 0.496 e. The number of para-hydroxylation sites is 1. The van der Waals surface area contributed by atoms with Crippen molar-refractivity contribution < 1.29 is 9.15 Å². The third-order valence-electron chi connectivity index (χ3n) is 3.39. The Labute approximate surface area is 109 Å². The first kappa shape index (κ1) is 10.4. The molecule has 0 N–H and O–H groups in total. The average Bonchev–Trinajstić information content (AvgIpc) is 2.82. The predicted octanol–water partition coefficient (Wildman–Crippen LogP) is 4.09. The van der Waals surface area contributed by atoms with Crippen LogP contribution in [-0.4, -0.2) is 12.1 Å². The van der Waals surface area contributed by atoms with Crippen LogP contribution in [0.25, 0.3) is 33.3 Å². The first-order valence-electron chi connectivity index (χ1n) is 6.12. The molecular formula is C16H11NO2. The highest BCUT2D eigenvalue weighted by molar-refractivity contribution is 6.00. The Morgan fingerprint density at radius 1 is 1.00 bits per heavy atom. The monoisotopic (exact) mass is 249 g/mol. The fourth-order valence-corrected chi connectivity index (χ4v) is 2.48. The van der Waals surface area contributed by atoms with E-state index in [2.05, 4.69) is 17.1 Å². The van der Waals surface area contributed by atoms with Crippen LogP contribution in [0.2, 0.25) is 0 Å². The molecular weight excluding hydrogens is 238 g/mol. The summed E-state index contributed by atoms with van der Waals surface area (Å²) >= 11 is 0. The highest BCUT2D eigenvalue weighted by atomic mass is 16.5. The highest BCUT2D eigenvalue weighted by Crippen LogP contribution is 2.37. The SMILES string of the molecule is COc1cccc2oc3nc4ccccc4c-3cc12. The predicted molar refractivity (Wildman–Crippen MR) is 74.7 cm³/mol. The molecule has 0 fully saturated rings. The van der Waals surface area contributed by atoms with Crippen LogP contribution in [-0.2, 0) is 0 Å². The molecule has 0 radical (unpaired) electrons. The minimum absolute atomic E-state index is 0.668. The van der Waals surface area contributed by atoms with E-state index >= 15 is 0 Å². The summed E-state index contributed by atoms with van der Waals surface area (Å²) in [5, 5.41) is 2.07. The van der Waals surface area contributed by atoms with Gasteiger partial charge in [0.25, 0.3) is 0 Å². The Morgan fingerprint density at radius 3 is 2.79 bits per heavy atom. The molecule has 2 aliphatic rings. The van der Waals surface area contributed by atoms with E-state index in [-0.39, 0.29) is 0 Å². The van der Waals surface area contributed by atoms with Gasteiger partial charge in [0.15, 0.2) is 0 Å². The van der Waals surface area contributed by atoms with Crippen LogP contribution in [0.3, 0.4) is 0 Å². The van der Waals surface area contributed by atoms with E-state index in [0.29, 0.717) is 5.89 Å². The third-order valence-corrected chi connectivity index (χ3v) is 3.39. The highest BCUT2D eigenvalue weighted by Gasteiger charge is 2.16. The van der Waals surface area contributed by atoms with Gasteiger partial charge in [0, 0.05) is 10.9 Å². The molecule has 0 unspecified atom stereocenters. The maximum atomic E-state index is 5.88. The fourth-order valence-electron chi connectivity index (χ4n) is 2.48. The summed E-state index contributed by atoms with van der Waals surface area (Å²) in [5.41, 5.74) is 2.76. The van der Waals surface area contributed by atoms with Gasteiger partial charge < -0.3 is 9.15 Å². The van der Waals surface area contributed by atoms with Gasteiger partial charge in [0.1, 0.15) is 11.3 Å². The quantitative estimate of drug-likeness (QED) is 0.509. The van der Waals surface area contributed by atoms with Crippen molar-refractivity contribution in [3.63, 3.8) is 0 Å². The normalized spacial score (nSPS) is 11.4. The molecule has 0 spiro atoms. The molecule has 0 amide bonds. The average molecular weight is 249 g/mol. The van der Waals surface area contributed by atoms with Gasteiger partial charge >= 0.3 is 0 Å². The van der Waals surface area contributed by atoms with E-state index in [1.807, 2.05) is 36.4 Å². The smallest absolute Gasteiger partial charge is 0.227 e. The lowest BCUT2D eigenvalue weighted by Crippen LogP contribution is -1.86. The molecule has 0 aromatic heterocycles. The molecule has 92 valence electrons. The standard InChI is InChI=1S/C16H11NO2/c1-18-14-7-4-8-15-12(14)9-11-10-5-2-3-6-13(10)17-16(11)19-15/h2-9H,1H3. The van der Waals surface area contributed by atoms with Crippen LogP contribution in [0, 0.1) is 0 Å². The minimum atomic E-state index is 0.668. The Morgan fingerprint density at radius 2 is 1.89 bits per heavy atom. The van der Waals surface area contributed by atoms with Gasteiger partial charge in [0.05, 0.1) is 18.0 Å². The van der Waals surface area contributed by atoms with E-state index in [0.717, 1.165) is 33.2 Å². The van der Waals surface area contributed by atoms with Crippen molar-refractivity contribution in [3.05, 3.63) is 48.5 Å². The van der Waals surface area contributed by atoms with E-state index in [9.17, 15) is 0 Å². The molecule has 2 heterocycles. The Hall–Kier alpha value is -2.55. The van der Waals surface area contributed by atoms with E-state index in [1.165, 1.54) is 0 Å². The molecule has 3 heteroatoms. The number of fused-ring (bicyclic) bond motifs is 4. The van der Waals surface area contributed by atoms with E-state index in [4.69, 9.17) is 9.15 Å². The van der Waals surface area contributed by atoms with Crippen molar-refractivity contribution in [3.8, 4) is 17.2 Å². The van der Waals surface area contributed by atoms with Crippen LogP contribution in [0.5, 0.6) is 5.75 Å². The molecule has 2 aliphatic heterocycles. The summed E-state index contributed by atoms with van der Waals surface area (Å²) < 4.78 is 11.3. The van der Waals surface area contributed by atoms with Crippen molar-refractivity contribution in [2.45, 2.75) is 0 Å². The van der Waals surface area contributed by atoms with Crippen molar-refractivity contribution in [2.24, 2.45) is 0 Å². The number of rotatable bonds is 1. The number of hydrogen-bond donors (Lipinski definition) is 0. The number of methoxy groups -OCH3 is 1. The molecule has 0 saturated heterocycles. The van der Waals surface area contributed by atoms with Crippen molar-refractivity contribution in [1.29, 1.82) is 0 Å². The molecule has 2 aromatic carbocycles. The maximum absolute atomic E-state index is 5.88. The first-order valence-corrected chi connectivity index (χ1v) is 6.12. The number of hydrogen-bond acceptors (Lipinski definition) is 3. The Bertz CT molecular complexity index is 863. The van der Waals surface area contributed by atoms with Crippen molar-refractivity contribution in [2.75, 3.05) is 7.11 Å². The molecule has 0 atom stereocenters. The second kappa shape index (κ2) is 3.72. The molecule has 0 saturated carbocycles. The summed E-state index contributed by atoms with van der Waals surface area (Å²) in [5.74, 6) is 1.48. The van der Waals surface area contributed by atoms with Gasteiger partial charge in [-0.25, -0.2) is 4.98 Å². The van der Waals surface area contributed by atoms with Gasteiger partial charge in [-0.1, -0.05) is 24.3 Å². The second-order valence-electron chi connectivity index (χ2n) is 4.47. The van der Waals surface area contributed by atoms with Crippen molar-refractivity contribution >= 4 is 21.9 Å². The molecule has 0 bridgehead atoms. The van der Waals surface area contributed by atoms with Crippen molar-refractivity contribution in [1.82, 2.24) is 4.98 Å². The summed E-state index contributed by atoms with van der Waals surface area (Å²) in [6.07, 6.45) is 0. The summed E-state index contributed by atoms with van der Waals surface area (Å²) in [6, 6.07) is 15.9. The summed E-state index contributed by atoms with van der Waals surface area (Å²) in [6.45, 7) is 0. The van der Waals surface area contributed by atoms with Gasteiger partial charge in [-0.05, 0) is 24.3 Å². The van der Waals surface area contributed by atoms with Crippen LogP contribution in [0.1, 0.15) is 0 Å². The number of benzene rings is 2. The first-order chi connectivity index (χ1) is 9.36. The number of nitrogens with zero attached hydrogens (tertiary/aromatic N) is 1. The zero-order valence-corrected chi connectivity index (χ0v) is 10.4. The maximum Gasteiger partial charge on any atom is 0.227 e. The summed E-state index contributed by atoms with van der Waals surface area (Å²) in [4.78, 5) is 4.51. The van der Waals surface area contributed by atoms with E-state index < -0.39 is 0 Å². The lowest BCUT2D eigenvalue weighted by Gasteiger charge is -2.06. The zero-order valence-electron chi connectivity index (χ0n) is 10.4. The summed E-state index contributed by atoms with van der Waals surface area (Å²) in [7, 11) is 1.67. The second-order valence-corrected chi connectivity index (χ2v) is 4.47. The molecule has 0 aliphatic carbocycles. The lowest BCUT2D eigenvalue weighted by molar-refractivity contribution is 0.419. The Balaban J connectivity index is 2.20. The fraction of sp³-hybridized carbons (Fsp3) is 0.0625. The molecule has 19 heavy (non-hydrogen) atoms. The van der Waals surface area contributed by atoms with Crippen LogP contribution < -0.4 is 4.74 Å². The number of aromatic nitrogens is 1. The number of ether oxygens (including phenoxy) is 1. The molecule has 3 nitrogen and oxygen atoms in total. The van der Waals surface area contributed by atoms with Gasteiger partial charge in [0.2, 0.25) is 5.89 Å². The van der Waals surface area contributed by atoms with Crippen LogP contribution >= 0.6 is 0 Å². The van der Waals surface area contributed by atoms with Gasteiger partial charge in [-0.3, -0.25) is 0 Å². The third kappa shape index (κ3) is 1.41. The topological polar surface area (TPSA) is 35.3 Å². The van der Waals surface area contributed by atoms with Gasteiger partial charge in [-0.2, -0.15) is 0 Å². The minimum Gasteiger partial charge on any atom is -0.496 e. The molecule has 2 aromatic rings. The zero-order chi connectivity index (χ0) is 12.8.